The Morgan fingerprint density at radius 3 is 1.92 bits per heavy atom. The van der Waals surface area contributed by atoms with E-state index in [0.29, 0.717) is 0 Å². The summed E-state index contributed by atoms with van der Waals surface area (Å²) in [6, 6.07) is 9.10. The number of hydrogen-bond donors (Lipinski definition) is 1. The zero-order valence-electron chi connectivity index (χ0n) is 12.3. The van der Waals surface area contributed by atoms with Crippen molar-refractivity contribution in [3.8, 4) is 11.5 Å². The molecule has 2 aromatic carbocycles. The van der Waals surface area contributed by atoms with Crippen LogP contribution < -0.4 is 8.92 Å². The Morgan fingerprint density at radius 1 is 0.875 bits per heavy atom. The molecule has 0 bridgehead atoms. The molecule has 126 valence electrons. The first-order valence-corrected chi connectivity index (χ1v) is 9.15. The quantitative estimate of drug-likeness (QED) is 0.473. The molecule has 0 heterocycles. The molecule has 0 atom stereocenters. The summed E-state index contributed by atoms with van der Waals surface area (Å²) in [6.07, 6.45) is 0. The molecule has 0 radical (unpaired) electrons. The van der Waals surface area contributed by atoms with E-state index in [1.54, 1.807) is 12.1 Å². The van der Waals surface area contributed by atoms with Gasteiger partial charge in [-0.3, -0.25) is 4.55 Å². The molecule has 0 fully saturated rings. The molecule has 7 nitrogen and oxygen atoms in total. The van der Waals surface area contributed by atoms with Gasteiger partial charge in [-0.05, 0) is 31.2 Å². The fourth-order valence-corrected chi connectivity index (χ4v) is 3.18. The first kappa shape index (κ1) is 20.9. The van der Waals surface area contributed by atoms with Gasteiger partial charge in [0.25, 0.3) is 10.1 Å². The van der Waals surface area contributed by atoms with Crippen molar-refractivity contribution in [2.75, 3.05) is 7.11 Å². The SMILES string of the molecule is COc1cc(S(=O)(=O)O)ccc1OS(=O)(=O)c1ccc(C)cc1.[NaH]. The molecule has 24 heavy (non-hydrogen) atoms. The van der Waals surface area contributed by atoms with Gasteiger partial charge in [0, 0.05) is 6.07 Å². The molecule has 0 amide bonds. The molecule has 2 aromatic rings. The Labute approximate surface area is 162 Å². The van der Waals surface area contributed by atoms with E-state index >= 15 is 0 Å². The molecule has 0 aliphatic carbocycles. The summed E-state index contributed by atoms with van der Waals surface area (Å²) in [5.74, 6) is -0.337. The number of benzene rings is 2. The van der Waals surface area contributed by atoms with Crippen LogP contribution in [0.15, 0.2) is 52.3 Å². The number of aryl methyl sites for hydroxylation is 1. The van der Waals surface area contributed by atoms with E-state index in [2.05, 4.69) is 0 Å². The fourth-order valence-electron chi connectivity index (χ4n) is 1.75. The maximum absolute atomic E-state index is 12.2. The Hall–Kier alpha value is -1.10. The summed E-state index contributed by atoms with van der Waals surface area (Å²) in [4.78, 5) is -0.488. The van der Waals surface area contributed by atoms with Gasteiger partial charge in [0.2, 0.25) is 0 Å². The molecule has 1 N–H and O–H groups in total. The second-order valence-electron chi connectivity index (χ2n) is 4.64. The van der Waals surface area contributed by atoms with Gasteiger partial charge in [-0.2, -0.15) is 16.8 Å². The first-order valence-electron chi connectivity index (χ1n) is 6.30. The summed E-state index contributed by atoms with van der Waals surface area (Å²) >= 11 is 0. The zero-order chi connectivity index (χ0) is 17.3. The van der Waals surface area contributed by atoms with Gasteiger partial charge in [0.1, 0.15) is 4.90 Å². The first-order chi connectivity index (χ1) is 10.6. The third kappa shape index (κ3) is 4.95. The van der Waals surface area contributed by atoms with Crippen LogP contribution in [-0.4, -0.2) is 58.1 Å². The average Bonchev–Trinajstić information content (AvgIpc) is 2.46. The van der Waals surface area contributed by atoms with Crippen LogP contribution >= 0.6 is 0 Å². The van der Waals surface area contributed by atoms with E-state index in [-0.39, 0.29) is 46.0 Å². The molecule has 0 spiro atoms. The standard InChI is InChI=1S/C14H14O7S2.Na.H/c1-10-3-5-11(6-4-10)23(18,19)21-13-8-7-12(22(15,16)17)9-14(13)20-2;;/h3-9H,1-2H3,(H,15,16,17);;. The Morgan fingerprint density at radius 2 is 1.42 bits per heavy atom. The van der Waals surface area contributed by atoms with Crippen molar-refractivity contribution in [1.29, 1.82) is 0 Å². The van der Waals surface area contributed by atoms with E-state index < -0.39 is 25.1 Å². The van der Waals surface area contributed by atoms with Gasteiger partial charge in [0.15, 0.2) is 11.5 Å². The predicted octanol–water partition coefficient (Wildman–Crippen LogP) is 1.37. The van der Waals surface area contributed by atoms with E-state index in [4.69, 9.17) is 13.5 Å². The van der Waals surface area contributed by atoms with Crippen molar-refractivity contribution in [2.45, 2.75) is 16.7 Å². The van der Waals surface area contributed by atoms with Gasteiger partial charge in [-0.15, -0.1) is 0 Å². The molecule has 0 aliphatic rings. The average molecular weight is 382 g/mol. The van der Waals surface area contributed by atoms with Gasteiger partial charge >= 0.3 is 39.7 Å². The van der Waals surface area contributed by atoms with E-state index in [0.717, 1.165) is 23.8 Å². The summed E-state index contributed by atoms with van der Waals surface area (Å²) in [6.45, 7) is 1.81. The third-order valence-corrected chi connectivity index (χ3v) is 5.04. The number of methoxy groups -OCH3 is 1. The topological polar surface area (TPSA) is 107 Å². The van der Waals surface area contributed by atoms with Crippen LogP contribution in [0.25, 0.3) is 0 Å². The molecule has 0 aromatic heterocycles. The fraction of sp³-hybridized carbons (Fsp3) is 0.143. The Bertz CT molecular complexity index is 920. The van der Waals surface area contributed by atoms with Crippen LogP contribution in [0.2, 0.25) is 0 Å². The number of ether oxygens (including phenoxy) is 1. The minimum atomic E-state index is -4.44. The molecular formula is C14H15NaO7S2. The summed E-state index contributed by atoms with van der Waals surface area (Å²) in [7, 11) is -7.32. The molecule has 0 saturated heterocycles. The van der Waals surface area contributed by atoms with Crippen LogP contribution in [0, 0.1) is 6.92 Å². The third-order valence-electron chi connectivity index (χ3n) is 2.94. The van der Waals surface area contributed by atoms with E-state index in [1.165, 1.54) is 19.2 Å². The number of hydrogen-bond acceptors (Lipinski definition) is 6. The minimum absolute atomic E-state index is 0. The van der Waals surface area contributed by atoms with Crippen molar-refractivity contribution >= 4 is 49.8 Å². The second-order valence-corrected chi connectivity index (χ2v) is 7.61. The van der Waals surface area contributed by atoms with E-state index in [9.17, 15) is 16.8 Å². The second kappa shape index (κ2) is 7.85. The van der Waals surface area contributed by atoms with Crippen LogP contribution in [0.4, 0.5) is 0 Å². The zero-order valence-corrected chi connectivity index (χ0v) is 13.9. The van der Waals surface area contributed by atoms with Gasteiger partial charge < -0.3 is 8.92 Å². The van der Waals surface area contributed by atoms with E-state index in [1.807, 2.05) is 6.92 Å². The van der Waals surface area contributed by atoms with Crippen LogP contribution in [0.5, 0.6) is 11.5 Å². The summed E-state index contributed by atoms with van der Waals surface area (Å²) < 4.78 is 65.5. The van der Waals surface area contributed by atoms with Crippen molar-refractivity contribution in [3.05, 3.63) is 48.0 Å². The Kier molecular flexibility index (Phi) is 6.85. The Balaban J connectivity index is 0.00000288. The maximum atomic E-state index is 12.2. The van der Waals surface area contributed by atoms with Crippen LogP contribution in [-0.2, 0) is 20.2 Å². The van der Waals surface area contributed by atoms with Crippen LogP contribution in [0.1, 0.15) is 5.56 Å². The normalized spacial score (nSPS) is 11.5. The van der Waals surface area contributed by atoms with Crippen molar-refractivity contribution in [2.24, 2.45) is 0 Å². The van der Waals surface area contributed by atoms with Gasteiger partial charge in [-0.1, -0.05) is 17.7 Å². The van der Waals surface area contributed by atoms with Gasteiger partial charge in [0.05, 0.1) is 12.0 Å². The summed E-state index contributed by atoms with van der Waals surface area (Å²) in [5.41, 5.74) is 0.888. The van der Waals surface area contributed by atoms with Crippen molar-refractivity contribution in [1.82, 2.24) is 0 Å². The molecule has 2 rings (SSSR count). The van der Waals surface area contributed by atoms with Crippen LogP contribution in [0.3, 0.4) is 0 Å². The monoisotopic (exact) mass is 382 g/mol. The van der Waals surface area contributed by atoms with Gasteiger partial charge in [-0.25, -0.2) is 0 Å². The van der Waals surface area contributed by atoms with Crippen molar-refractivity contribution < 1.29 is 30.3 Å². The summed E-state index contributed by atoms with van der Waals surface area (Å²) in [5, 5.41) is 0. The molecule has 0 saturated carbocycles. The molecule has 0 aliphatic heterocycles. The molecule has 10 heteroatoms. The molecular weight excluding hydrogens is 367 g/mol. The van der Waals surface area contributed by atoms with Crippen molar-refractivity contribution in [3.63, 3.8) is 0 Å². The number of rotatable bonds is 5. The predicted molar refractivity (Wildman–Crippen MR) is 89.0 cm³/mol. The molecule has 0 unspecified atom stereocenters.